The molecule has 0 aliphatic rings. The van der Waals surface area contributed by atoms with E-state index < -0.39 is 59.9 Å². The van der Waals surface area contributed by atoms with Crippen molar-refractivity contribution in [3.05, 3.63) is 12.7 Å². The zero-order valence-corrected chi connectivity index (χ0v) is 27.4. The molecule has 0 rings (SSSR count). The van der Waals surface area contributed by atoms with Crippen LogP contribution in [0.4, 0.5) is 0 Å². The summed E-state index contributed by atoms with van der Waals surface area (Å²) in [5.74, 6) is -3.98. The van der Waals surface area contributed by atoms with Crippen molar-refractivity contribution in [3.63, 3.8) is 0 Å². The van der Waals surface area contributed by atoms with E-state index in [4.69, 9.17) is 5.11 Å². The molecule has 0 aromatic rings. The van der Waals surface area contributed by atoms with Gasteiger partial charge in [-0.25, -0.2) is 0 Å². The molecule has 0 fully saturated rings. The van der Waals surface area contributed by atoms with Gasteiger partial charge in [0.25, 0.3) is 0 Å². The molecule has 0 radical (unpaired) electrons. The first-order chi connectivity index (χ1) is 20.6. The second-order valence-corrected chi connectivity index (χ2v) is 12.0. The average Bonchev–Trinajstić information content (AvgIpc) is 2.92. The van der Waals surface area contributed by atoms with E-state index in [1.807, 2.05) is 20.8 Å². The number of amides is 5. The number of nitrogens with one attached hydrogen (secondary N) is 5. The van der Waals surface area contributed by atoms with Crippen LogP contribution in [0.2, 0.25) is 0 Å². The topological polar surface area (TPSA) is 203 Å². The molecule has 13 nitrogen and oxygen atoms in total. The molecule has 6 atom stereocenters. The summed E-state index contributed by atoms with van der Waals surface area (Å²) in [5, 5.41) is 33.3. The van der Waals surface area contributed by atoms with Gasteiger partial charge < -0.3 is 36.8 Å². The number of carboxylic acid groups (broad SMARTS) is 1. The molecule has 0 bridgehead atoms. The van der Waals surface area contributed by atoms with Crippen molar-refractivity contribution in [3.8, 4) is 0 Å². The summed E-state index contributed by atoms with van der Waals surface area (Å²) < 4.78 is 0. The molecule has 0 aromatic carbocycles. The number of carboxylic acids is 1. The predicted octanol–water partition coefficient (Wildman–Crippen LogP) is 1.39. The van der Waals surface area contributed by atoms with Crippen LogP contribution in [0.1, 0.15) is 93.4 Å². The molecule has 0 aromatic heterocycles. The van der Waals surface area contributed by atoms with Crippen LogP contribution in [0.3, 0.4) is 0 Å². The van der Waals surface area contributed by atoms with Gasteiger partial charge in [-0.05, 0) is 43.9 Å². The van der Waals surface area contributed by atoms with Crippen LogP contribution >= 0.6 is 0 Å². The SMILES string of the molecule is C=CC[C@H](NC(=O)[C@@H](NC(=O)CCCC(=O)O)[C@H](C)CC)C(=O)N[C@@H](CC(C)C)[C@@H](O)CC(=O)N[C@H](C(=O)NCC)C(C)C. The summed E-state index contributed by atoms with van der Waals surface area (Å²) in [6.45, 7) is 16.9. The summed E-state index contributed by atoms with van der Waals surface area (Å²) in [7, 11) is 0. The number of hydrogen-bond acceptors (Lipinski definition) is 7. The number of carbonyl (C=O) groups is 6. The number of hydrogen-bond donors (Lipinski definition) is 7. The van der Waals surface area contributed by atoms with Gasteiger partial charge in [0.15, 0.2) is 0 Å². The maximum Gasteiger partial charge on any atom is 0.303 e. The Morgan fingerprint density at radius 1 is 0.795 bits per heavy atom. The van der Waals surface area contributed by atoms with Gasteiger partial charge >= 0.3 is 5.97 Å². The van der Waals surface area contributed by atoms with E-state index in [0.717, 1.165) is 0 Å². The summed E-state index contributed by atoms with van der Waals surface area (Å²) in [5.41, 5.74) is 0. The van der Waals surface area contributed by atoms with Crippen LogP contribution in [0, 0.1) is 17.8 Å². The highest BCUT2D eigenvalue weighted by Gasteiger charge is 2.32. The van der Waals surface area contributed by atoms with E-state index in [1.54, 1.807) is 27.7 Å². The van der Waals surface area contributed by atoms with Crippen LogP contribution in [-0.4, -0.2) is 82.5 Å². The molecule has 0 saturated carbocycles. The van der Waals surface area contributed by atoms with Crippen LogP contribution in [0.15, 0.2) is 12.7 Å². The molecular weight excluding hydrogens is 570 g/mol. The zero-order valence-electron chi connectivity index (χ0n) is 27.4. The maximum atomic E-state index is 13.4. The fourth-order valence-corrected chi connectivity index (χ4v) is 4.49. The second-order valence-electron chi connectivity index (χ2n) is 12.0. The van der Waals surface area contributed by atoms with Crippen molar-refractivity contribution < 1.29 is 39.0 Å². The van der Waals surface area contributed by atoms with E-state index in [2.05, 4.69) is 33.2 Å². The Kier molecular flexibility index (Phi) is 19.6. The number of likely N-dealkylation sites (N-methyl/N-ethyl adjacent to an activating group) is 1. The highest BCUT2D eigenvalue weighted by atomic mass is 16.4. The summed E-state index contributed by atoms with van der Waals surface area (Å²) in [4.78, 5) is 75.0. The van der Waals surface area contributed by atoms with Crippen LogP contribution in [0.5, 0.6) is 0 Å². The summed E-state index contributed by atoms with van der Waals surface area (Å²) >= 11 is 0. The Morgan fingerprint density at radius 3 is 1.91 bits per heavy atom. The highest BCUT2D eigenvalue weighted by Crippen LogP contribution is 2.14. The Balaban J connectivity index is 5.66. The first kappa shape index (κ1) is 40.5. The van der Waals surface area contributed by atoms with E-state index in [1.165, 1.54) is 6.08 Å². The number of aliphatic hydroxyl groups is 1. The lowest BCUT2D eigenvalue weighted by atomic mass is 9.95. The van der Waals surface area contributed by atoms with Gasteiger partial charge in [-0.15, -0.1) is 6.58 Å². The molecule has 0 saturated heterocycles. The van der Waals surface area contributed by atoms with Crippen LogP contribution in [0.25, 0.3) is 0 Å². The number of carbonyl (C=O) groups excluding carboxylic acids is 5. The molecular formula is C31H55N5O8. The lowest BCUT2D eigenvalue weighted by Gasteiger charge is -2.30. The average molecular weight is 626 g/mol. The Morgan fingerprint density at radius 2 is 1.41 bits per heavy atom. The van der Waals surface area contributed by atoms with E-state index in [9.17, 15) is 33.9 Å². The van der Waals surface area contributed by atoms with Gasteiger partial charge in [-0.3, -0.25) is 28.8 Å². The number of aliphatic carboxylic acids is 1. The second kappa shape index (κ2) is 21.3. The molecule has 7 N–H and O–H groups in total. The van der Waals surface area contributed by atoms with Crippen LogP contribution in [-0.2, 0) is 28.8 Å². The van der Waals surface area contributed by atoms with Crippen molar-refractivity contribution in [2.45, 2.75) is 124 Å². The fourth-order valence-electron chi connectivity index (χ4n) is 4.49. The van der Waals surface area contributed by atoms with E-state index in [-0.39, 0.29) is 55.8 Å². The molecule has 252 valence electrons. The van der Waals surface area contributed by atoms with Gasteiger partial charge in [0.05, 0.1) is 18.6 Å². The third kappa shape index (κ3) is 15.8. The standard InChI is InChI=1S/C31H55N5O8/c1-9-13-21(33-31(44)28(20(8)10-2)35-24(38)14-12-15-26(40)41)29(42)34-22(16-18(4)5)23(37)17-25(39)36-27(19(6)7)30(43)32-11-3/h9,18-23,27-28,37H,1,10-17H2,2-8H3,(H,32,43)(H,33,44)(H,34,42)(H,35,38)(H,36,39)(H,40,41)/t20-,21+,22+,23+,27+,28+/m1/s1. The van der Waals surface area contributed by atoms with Gasteiger partial charge in [0.1, 0.15) is 18.1 Å². The third-order valence-corrected chi connectivity index (χ3v) is 7.17. The highest BCUT2D eigenvalue weighted by molar-refractivity contribution is 5.92. The normalized spacial score (nSPS) is 15.2. The smallest absolute Gasteiger partial charge is 0.303 e. The maximum absolute atomic E-state index is 13.4. The van der Waals surface area contributed by atoms with E-state index in [0.29, 0.717) is 19.4 Å². The Hall–Kier alpha value is -3.48. The zero-order chi connectivity index (χ0) is 34.0. The quantitative estimate of drug-likeness (QED) is 0.0874. The van der Waals surface area contributed by atoms with Gasteiger partial charge in [0, 0.05) is 19.4 Å². The molecule has 0 unspecified atom stereocenters. The monoisotopic (exact) mass is 625 g/mol. The van der Waals surface area contributed by atoms with Crippen molar-refractivity contribution in [2.75, 3.05) is 6.54 Å². The van der Waals surface area contributed by atoms with Crippen molar-refractivity contribution in [1.82, 2.24) is 26.6 Å². The minimum Gasteiger partial charge on any atom is -0.481 e. The molecule has 0 heterocycles. The first-order valence-corrected chi connectivity index (χ1v) is 15.6. The third-order valence-electron chi connectivity index (χ3n) is 7.17. The van der Waals surface area contributed by atoms with Gasteiger partial charge in [-0.2, -0.15) is 0 Å². The summed E-state index contributed by atoms with van der Waals surface area (Å²) in [6, 6.07) is -3.65. The fraction of sp³-hybridized carbons (Fsp3) is 0.742. The van der Waals surface area contributed by atoms with Crippen LogP contribution < -0.4 is 26.6 Å². The van der Waals surface area contributed by atoms with E-state index >= 15 is 0 Å². The molecule has 0 aliphatic carbocycles. The minimum absolute atomic E-state index is 0.0373. The van der Waals surface area contributed by atoms with Gasteiger partial charge in [-0.1, -0.05) is 54.0 Å². The molecule has 0 aliphatic heterocycles. The Bertz CT molecular complexity index is 971. The van der Waals surface area contributed by atoms with Crippen molar-refractivity contribution in [1.29, 1.82) is 0 Å². The minimum atomic E-state index is -1.28. The molecule has 0 spiro atoms. The molecule has 44 heavy (non-hydrogen) atoms. The van der Waals surface area contributed by atoms with Gasteiger partial charge in [0.2, 0.25) is 29.5 Å². The molecule has 5 amide bonds. The molecule has 13 heteroatoms. The first-order valence-electron chi connectivity index (χ1n) is 15.6. The number of rotatable bonds is 22. The summed E-state index contributed by atoms with van der Waals surface area (Å²) in [6.07, 6.45) is 0.657. The lowest BCUT2D eigenvalue weighted by molar-refractivity contribution is -0.137. The van der Waals surface area contributed by atoms with Crippen molar-refractivity contribution >= 4 is 35.5 Å². The predicted molar refractivity (Wildman–Crippen MR) is 167 cm³/mol. The number of aliphatic hydroxyl groups excluding tert-OH is 1. The Labute approximate surface area is 261 Å². The lowest BCUT2D eigenvalue weighted by Crippen LogP contribution is -2.57. The largest absolute Gasteiger partial charge is 0.481 e. The van der Waals surface area contributed by atoms with Crippen molar-refractivity contribution in [2.24, 2.45) is 17.8 Å².